The van der Waals surface area contributed by atoms with E-state index in [1.165, 1.54) is 0 Å². The SMILES string of the molecule is O=C(Oc1ccc(Cl)cc1Br)C1CC1(Cl)Cl. The molecule has 0 bridgehead atoms. The van der Waals surface area contributed by atoms with Gasteiger partial charge in [-0.15, -0.1) is 23.2 Å². The van der Waals surface area contributed by atoms with Crippen LogP contribution in [0.1, 0.15) is 6.42 Å². The van der Waals surface area contributed by atoms with E-state index in [0.29, 0.717) is 21.7 Å². The normalized spacial score (nSPS) is 21.6. The van der Waals surface area contributed by atoms with Gasteiger partial charge in [0.05, 0.1) is 10.4 Å². The summed E-state index contributed by atoms with van der Waals surface area (Å²) in [6.45, 7) is 0. The van der Waals surface area contributed by atoms with Crippen LogP contribution in [0.4, 0.5) is 0 Å². The molecule has 2 rings (SSSR count). The molecule has 0 radical (unpaired) electrons. The Morgan fingerprint density at radius 2 is 2.12 bits per heavy atom. The number of esters is 1. The lowest BCUT2D eigenvalue weighted by atomic mass is 10.3. The molecular weight excluding hydrogens is 338 g/mol. The minimum Gasteiger partial charge on any atom is -0.425 e. The third kappa shape index (κ3) is 2.65. The Bertz CT molecular complexity index is 448. The van der Waals surface area contributed by atoms with Gasteiger partial charge in [-0.2, -0.15) is 0 Å². The Morgan fingerprint density at radius 1 is 1.50 bits per heavy atom. The predicted molar refractivity (Wildman–Crippen MR) is 67.3 cm³/mol. The highest BCUT2D eigenvalue weighted by Gasteiger charge is 2.57. The zero-order chi connectivity index (χ0) is 11.9. The Labute approximate surface area is 116 Å². The van der Waals surface area contributed by atoms with Crippen molar-refractivity contribution in [2.75, 3.05) is 0 Å². The van der Waals surface area contributed by atoms with E-state index < -0.39 is 16.2 Å². The third-order valence-electron chi connectivity index (χ3n) is 2.21. The minimum absolute atomic E-state index is 0.408. The van der Waals surface area contributed by atoms with Crippen LogP contribution in [0.5, 0.6) is 5.75 Å². The predicted octanol–water partition coefficient (Wildman–Crippen LogP) is 4.20. The quantitative estimate of drug-likeness (QED) is 0.457. The van der Waals surface area contributed by atoms with Crippen molar-refractivity contribution < 1.29 is 9.53 Å². The fourth-order valence-corrected chi connectivity index (χ4v) is 2.46. The molecule has 1 saturated carbocycles. The molecule has 0 N–H and O–H groups in total. The van der Waals surface area contributed by atoms with Gasteiger partial charge in [-0.3, -0.25) is 4.79 Å². The molecule has 0 amide bonds. The molecule has 1 aliphatic carbocycles. The highest BCUT2D eigenvalue weighted by Crippen LogP contribution is 2.53. The summed E-state index contributed by atoms with van der Waals surface area (Å²) in [7, 11) is 0. The summed E-state index contributed by atoms with van der Waals surface area (Å²) in [6.07, 6.45) is 0.431. The van der Waals surface area contributed by atoms with Crippen LogP contribution in [-0.4, -0.2) is 10.3 Å². The van der Waals surface area contributed by atoms with Crippen LogP contribution in [0.15, 0.2) is 22.7 Å². The number of hydrogen-bond acceptors (Lipinski definition) is 2. The van der Waals surface area contributed by atoms with E-state index in [1.54, 1.807) is 18.2 Å². The number of benzene rings is 1. The van der Waals surface area contributed by atoms with Gasteiger partial charge in [-0.25, -0.2) is 0 Å². The Kier molecular flexibility index (Phi) is 3.41. The summed E-state index contributed by atoms with van der Waals surface area (Å²) in [5, 5.41) is 0.558. The lowest BCUT2D eigenvalue weighted by molar-refractivity contribution is -0.135. The van der Waals surface area contributed by atoms with Crippen LogP contribution in [0.3, 0.4) is 0 Å². The number of rotatable bonds is 2. The van der Waals surface area contributed by atoms with Crippen molar-refractivity contribution >= 4 is 56.7 Å². The first-order valence-electron chi connectivity index (χ1n) is 4.45. The second-order valence-electron chi connectivity index (χ2n) is 3.51. The molecule has 0 spiro atoms. The molecule has 0 aromatic heterocycles. The van der Waals surface area contributed by atoms with Gasteiger partial charge in [0.1, 0.15) is 10.1 Å². The highest BCUT2D eigenvalue weighted by molar-refractivity contribution is 9.10. The van der Waals surface area contributed by atoms with Crippen LogP contribution in [-0.2, 0) is 4.79 Å². The van der Waals surface area contributed by atoms with Crippen molar-refractivity contribution in [3.8, 4) is 5.75 Å². The molecule has 1 aromatic rings. The maximum absolute atomic E-state index is 11.6. The van der Waals surface area contributed by atoms with Gasteiger partial charge < -0.3 is 4.74 Å². The van der Waals surface area contributed by atoms with Crippen LogP contribution < -0.4 is 4.74 Å². The van der Waals surface area contributed by atoms with Gasteiger partial charge in [-0.1, -0.05) is 11.6 Å². The number of carbonyl (C=O) groups excluding carboxylic acids is 1. The van der Waals surface area contributed by atoms with Crippen LogP contribution in [0.2, 0.25) is 5.02 Å². The van der Waals surface area contributed by atoms with E-state index in [4.69, 9.17) is 39.5 Å². The van der Waals surface area contributed by atoms with Crippen molar-refractivity contribution in [1.82, 2.24) is 0 Å². The zero-order valence-electron chi connectivity index (χ0n) is 7.84. The summed E-state index contributed by atoms with van der Waals surface area (Å²) < 4.78 is 4.80. The van der Waals surface area contributed by atoms with Crippen molar-refractivity contribution in [2.45, 2.75) is 10.8 Å². The highest BCUT2D eigenvalue weighted by atomic mass is 79.9. The molecular formula is C10H6BrCl3O2. The number of hydrogen-bond donors (Lipinski definition) is 0. The van der Waals surface area contributed by atoms with Gasteiger partial charge in [0.15, 0.2) is 0 Å². The fourth-order valence-electron chi connectivity index (χ4n) is 1.21. The van der Waals surface area contributed by atoms with Gasteiger partial charge in [-0.05, 0) is 40.5 Å². The first-order chi connectivity index (χ1) is 7.40. The number of carbonyl (C=O) groups is 1. The molecule has 1 atom stereocenters. The van der Waals surface area contributed by atoms with Gasteiger partial charge in [0, 0.05) is 5.02 Å². The van der Waals surface area contributed by atoms with E-state index in [1.807, 2.05) is 0 Å². The van der Waals surface area contributed by atoms with Crippen LogP contribution in [0.25, 0.3) is 0 Å². The Morgan fingerprint density at radius 3 is 2.62 bits per heavy atom. The van der Waals surface area contributed by atoms with E-state index in [0.717, 1.165) is 0 Å². The standard InChI is InChI=1S/C10H6BrCl3O2/c11-7-3-5(12)1-2-8(7)16-9(15)6-4-10(6,13)14/h1-3,6H,4H2. The molecule has 0 heterocycles. The molecule has 1 unspecified atom stereocenters. The first kappa shape index (κ1) is 12.5. The van der Waals surface area contributed by atoms with Crippen LogP contribution in [0, 0.1) is 5.92 Å². The molecule has 16 heavy (non-hydrogen) atoms. The summed E-state index contributed by atoms with van der Waals surface area (Å²) in [5.41, 5.74) is 0. The Balaban J connectivity index is 2.07. The molecule has 0 aliphatic heterocycles. The minimum atomic E-state index is -0.962. The largest absolute Gasteiger partial charge is 0.425 e. The zero-order valence-corrected chi connectivity index (χ0v) is 11.7. The third-order valence-corrected chi connectivity index (χ3v) is 3.91. The molecule has 1 aromatic carbocycles. The van der Waals surface area contributed by atoms with E-state index >= 15 is 0 Å². The number of alkyl halides is 2. The lowest BCUT2D eigenvalue weighted by Crippen LogP contribution is -2.14. The number of halogens is 4. The van der Waals surface area contributed by atoms with Crippen molar-refractivity contribution in [2.24, 2.45) is 5.92 Å². The van der Waals surface area contributed by atoms with Crippen LogP contribution >= 0.6 is 50.7 Å². The number of ether oxygens (including phenoxy) is 1. The summed E-state index contributed by atoms with van der Waals surface area (Å²) in [4.78, 5) is 11.6. The Hall–Kier alpha value is 0.0400. The molecule has 1 aliphatic rings. The van der Waals surface area contributed by atoms with E-state index in [9.17, 15) is 4.79 Å². The molecule has 86 valence electrons. The summed E-state index contributed by atoms with van der Waals surface area (Å²) >= 11 is 20.5. The average molecular weight is 344 g/mol. The van der Waals surface area contributed by atoms with E-state index in [2.05, 4.69) is 15.9 Å². The van der Waals surface area contributed by atoms with Gasteiger partial charge in [0.2, 0.25) is 0 Å². The van der Waals surface area contributed by atoms with Crippen molar-refractivity contribution in [3.63, 3.8) is 0 Å². The second-order valence-corrected chi connectivity index (χ2v) is 6.35. The monoisotopic (exact) mass is 342 g/mol. The summed E-state index contributed by atoms with van der Waals surface area (Å²) in [6, 6.07) is 4.89. The van der Waals surface area contributed by atoms with E-state index in [-0.39, 0.29) is 0 Å². The average Bonchev–Trinajstić information content (AvgIpc) is 2.80. The molecule has 6 heteroatoms. The smallest absolute Gasteiger partial charge is 0.317 e. The van der Waals surface area contributed by atoms with Gasteiger partial charge >= 0.3 is 5.97 Å². The maximum atomic E-state index is 11.6. The topological polar surface area (TPSA) is 26.3 Å². The molecule has 1 fully saturated rings. The van der Waals surface area contributed by atoms with Gasteiger partial charge in [0.25, 0.3) is 0 Å². The molecule has 0 saturated heterocycles. The van der Waals surface area contributed by atoms with Crippen molar-refractivity contribution in [3.05, 3.63) is 27.7 Å². The fraction of sp³-hybridized carbons (Fsp3) is 0.300. The molecule has 2 nitrogen and oxygen atoms in total. The van der Waals surface area contributed by atoms with Crippen molar-refractivity contribution in [1.29, 1.82) is 0 Å². The lowest BCUT2D eigenvalue weighted by Gasteiger charge is -2.06. The second kappa shape index (κ2) is 4.37. The summed E-state index contributed by atoms with van der Waals surface area (Å²) in [5.74, 6) is -0.461. The first-order valence-corrected chi connectivity index (χ1v) is 6.37. The maximum Gasteiger partial charge on any atom is 0.317 e.